The standard InChI is InChI=1S/C24H29N5O4/c1-3-28-19-8-5-6-9-20(19)29(24(28)32)17-22(30)27-13-7-12-26(14-15-27)21-11-10-18(16-25-21)23(31)33-4-2/h5-6,8-11,16H,3-4,7,12-15,17H2,1-2H3. The average molecular weight is 452 g/mol. The summed E-state index contributed by atoms with van der Waals surface area (Å²) in [7, 11) is 0. The van der Waals surface area contributed by atoms with Gasteiger partial charge in [-0.1, -0.05) is 12.1 Å². The van der Waals surface area contributed by atoms with Crippen LogP contribution in [-0.2, 0) is 22.6 Å². The van der Waals surface area contributed by atoms with Crippen molar-refractivity contribution in [2.75, 3.05) is 37.7 Å². The SMILES string of the molecule is CCOC(=O)c1ccc(N2CCCN(C(=O)Cn3c(=O)n(CC)c4ccccc43)CC2)nc1. The van der Waals surface area contributed by atoms with Gasteiger partial charge in [-0.2, -0.15) is 0 Å². The first kappa shape index (κ1) is 22.6. The number of anilines is 1. The number of hydrogen-bond acceptors (Lipinski definition) is 6. The molecule has 1 aromatic carbocycles. The van der Waals surface area contributed by atoms with Crippen molar-refractivity contribution in [3.05, 3.63) is 58.6 Å². The average Bonchev–Trinajstić information content (AvgIpc) is 2.98. The lowest BCUT2D eigenvalue weighted by Crippen LogP contribution is -2.39. The van der Waals surface area contributed by atoms with E-state index in [1.807, 2.05) is 42.2 Å². The van der Waals surface area contributed by atoms with Gasteiger partial charge in [0.2, 0.25) is 5.91 Å². The highest BCUT2D eigenvalue weighted by Crippen LogP contribution is 2.16. The molecule has 4 rings (SSSR count). The van der Waals surface area contributed by atoms with Gasteiger partial charge in [0.1, 0.15) is 12.4 Å². The topological polar surface area (TPSA) is 89.7 Å². The number of carbonyl (C=O) groups is 2. The molecule has 2 aromatic heterocycles. The van der Waals surface area contributed by atoms with Crippen molar-refractivity contribution in [3.8, 4) is 0 Å². The molecule has 0 spiro atoms. The van der Waals surface area contributed by atoms with Crippen LogP contribution >= 0.6 is 0 Å². The van der Waals surface area contributed by atoms with Gasteiger partial charge < -0.3 is 14.5 Å². The van der Waals surface area contributed by atoms with Gasteiger partial charge >= 0.3 is 11.7 Å². The van der Waals surface area contributed by atoms with E-state index >= 15 is 0 Å². The second-order valence-electron chi connectivity index (χ2n) is 7.95. The van der Waals surface area contributed by atoms with Crippen molar-refractivity contribution in [2.45, 2.75) is 33.4 Å². The molecule has 0 aliphatic carbocycles. The normalized spacial score (nSPS) is 14.4. The smallest absolute Gasteiger partial charge is 0.339 e. The van der Waals surface area contributed by atoms with E-state index in [2.05, 4.69) is 9.88 Å². The van der Waals surface area contributed by atoms with Crippen LogP contribution in [0.2, 0.25) is 0 Å². The van der Waals surface area contributed by atoms with Gasteiger partial charge in [0.25, 0.3) is 0 Å². The predicted molar refractivity (Wildman–Crippen MR) is 125 cm³/mol. The largest absolute Gasteiger partial charge is 0.462 e. The number of nitrogens with zero attached hydrogens (tertiary/aromatic N) is 5. The second kappa shape index (κ2) is 9.89. The van der Waals surface area contributed by atoms with Crippen LogP contribution in [-0.4, -0.2) is 63.7 Å². The summed E-state index contributed by atoms with van der Waals surface area (Å²) in [5.74, 6) is 0.312. The molecule has 9 heteroatoms. The molecule has 3 aromatic rings. The van der Waals surface area contributed by atoms with E-state index in [1.54, 1.807) is 22.1 Å². The van der Waals surface area contributed by atoms with Crippen LogP contribution in [0.3, 0.4) is 0 Å². The van der Waals surface area contributed by atoms with Crippen LogP contribution in [0.5, 0.6) is 0 Å². The molecule has 0 bridgehead atoms. The van der Waals surface area contributed by atoms with Gasteiger partial charge in [0, 0.05) is 38.9 Å². The number of pyridine rings is 1. The van der Waals surface area contributed by atoms with Crippen LogP contribution < -0.4 is 10.6 Å². The number of aromatic nitrogens is 3. The zero-order chi connectivity index (χ0) is 23.4. The second-order valence-corrected chi connectivity index (χ2v) is 7.95. The molecule has 1 saturated heterocycles. The molecule has 0 radical (unpaired) electrons. The summed E-state index contributed by atoms with van der Waals surface area (Å²) in [4.78, 5) is 46.2. The number of amides is 1. The fraction of sp³-hybridized carbons (Fsp3) is 0.417. The number of esters is 1. The highest BCUT2D eigenvalue weighted by atomic mass is 16.5. The Morgan fingerprint density at radius 3 is 2.39 bits per heavy atom. The summed E-state index contributed by atoms with van der Waals surface area (Å²) >= 11 is 0. The maximum absolute atomic E-state index is 13.1. The van der Waals surface area contributed by atoms with E-state index in [4.69, 9.17) is 4.74 Å². The van der Waals surface area contributed by atoms with Gasteiger partial charge in [-0.3, -0.25) is 13.9 Å². The number of carbonyl (C=O) groups excluding carboxylic acids is 2. The van der Waals surface area contributed by atoms with E-state index in [0.29, 0.717) is 38.3 Å². The lowest BCUT2D eigenvalue weighted by atomic mass is 10.2. The molecule has 0 N–H and O–H groups in total. The van der Waals surface area contributed by atoms with Gasteiger partial charge in [-0.05, 0) is 44.5 Å². The fourth-order valence-corrected chi connectivity index (χ4v) is 4.27. The number of rotatable bonds is 6. The Kier molecular flexibility index (Phi) is 6.76. The highest BCUT2D eigenvalue weighted by molar-refractivity contribution is 5.89. The predicted octanol–water partition coefficient (Wildman–Crippen LogP) is 2.13. The molecule has 1 aliphatic rings. The van der Waals surface area contributed by atoms with E-state index in [0.717, 1.165) is 29.8 Å². The molecule has 33 heavy (non-hydrogen) atoms. The third-order valence-corrected chi connectivity index (χ3v) is 5.97. The zero-order valence-corrected chi connectivity index (χ0v) is 19.1. The molecule has 0 unspecified atom stereocenters. The van der Waals surface area contributed by atoms with Crippen LogP contribution in [0.4, 0.5) is 5.82 Å². The lowest BCUT2D eigenvalue weighted by Gasteiger charge is -2.23. The summed E-state index contributed by atoms with van der Waals surface area (Å²) in [6.45, 7) is 7.15. The molecular formula is C24H29N5O4. The lowest BCUT2D eigenvalue weighted by molar-refractivity contribution is -0.131. The quantitative estimate of drug-likeness (QED) is 0.534. The number of imidazole rings is 1. The molecule has 174 valence electrons. The summed E-state index contributed by atoms with van der Waals surface area (Å²) in [5, 5.41) is 0. The first-order chi connectivity index (χ1) is 16.0. The minimum absolute atomic E-state index is 0.0266. The Morgan fingerprint density at radius 1 is 0.970 bits per heavy atom. The Labute approximate surface area is 192 Å². The molecule has 0 saturated carbocycles. The van der Waals surface area contributed by atoms with Crippen LogP contribution in [0.15, 0.2) is 47.4 Å². The van der Waals surface area contributed by atoms with Crippen molar-refractivity contribution >= 4 is 28.7 Å². The Bertz CT molecular complexity index is 1200. The third-order valence-electron chi connectivity index (χ3n) is 5.97. The first-order valence-electron chi connectivity index (χ1n) is 11.4. The van der Waals surface area contributed by atoms with Crippen LogP contribution in [0.1, 0.15) is 30.6 Å². The Balaban J connectivity index is 1.44. The van der Waals surface area contributed by atoms with E-state index in [-0.39, 0.29) is 24.1 Å². The minimum atomic E-state index is -0.385. The van der Waals surface area contributed by atoms with E-state index < -0.39 is 0 Å². The van der Waals surface area contributed by atoms with Crippen molar-refractivity contribution in [3.63, 3.8) is 0 Å². The Morgan fingerprint density at radius 2 is 1.73 bits per heavy atom. The molecule has 1 fully saturated rings. The van der Waals surface area contributed by atoms with Gasteiger partial charge in [-0.15, -0.1) is 0 Å². The molecule has 3 heterocycles. The van der Waals surface area contributed by atoms with Gasteiger partial charge in [0.15, 0.2) is 0 Å². The number of fused-ring (bicyclic) bond motifs is 1. The third kappa shape index (κ3) is 4.62. The summed E-state index contributed by atoms with van der Waals surface area (Å²) in [6.07, 6.45) is 2.32. The van der Waals surface area contributed by atoms with Crippen molar-refractivity contribution in [1.82, 2.24) is 19.0 Å². The number of benzene rings is 1. The number of aryl methyl sites for hydroxylation is 1. The zero-order valence-electron chi connectivity index (χ0n) is 19.1. The van der Waals surface area contributed by atoms with E-state index in [9.17, 15) is 14.4 Å². The van der Waals surface area contributed by atoms with Crippen LogP contribution in [0.25, 0.3) is 11.0 Å². The fourth-order valence-electron chi connectivity index (χ4n) is 4.27. The molecule has 9 nitrogen and oxygen atoms in total. The maximum Gasteiger partial charge on any atom is 0.339 e. The molecule has 1 aliphatic heterocycles. The Hall–Kier alpha value is -3.62. The monoisotopic (exact) mass is 451 g/mol. The number of ether oxygens (including phenoxy) is 1. The first-order valence-corrected chi connectivity index (χ1v) is 11.4. The molecular weight excluding hydrogens is 422 g/mol. The van der Waals surface area contributed by atoms with Crippen LogP contribution in [0, 0.1) is 0 Å². The summed E-state index contributed by atoms with van der Waals surface area (Å²) in [6, 6.07) is 11.1. The van der Waals surface area contributed by atoms with Crippen molar-refractivity contribution < 1.29 is 14.3 Å². The summed E-state index contributed by atoms with van der Waals surface area (Å²) < 4.78 is 8.27. The molecule has 0 atom stereocenters. The van der Waals surface area contributed by atoms with Gasteiger partial charge in [0.05, 0.1) is 23.2 Å². The summed E-state index contributed by atoms with van der Waals surface area (Å²) in [5.41, 5.74) is 1.88. The van der Waals surface area contributed by atoms with Gasteiger partial charge in [-0.25, -0.2) is 14.6 Å². The van der Waals surface area contributed by atoms with Crippen molar-refractivity contribution in [1.29, 1.82) is 0 Å². The van der Waals surface area contributed by atoms with Crippen molar-refractivity contribution in [2.24, 2.45) is 0 Å². The molecule has 1 amide bonds. The maximum atomic E-state index is 13.1. The number of para-hydroxylation sites is 2. The highest BCUT2D eigenvalue weighted by Gasteiger charge is 2.22. The minimum Gasteiger partial charge on any atom is -0.462 e. The van der Waals surface area contributed by atoms with E-state index in [1.165, 1.54) is 6.20 Å². The number of hydrogen-bond donors (Lipinski definition) is 0.